The smallest absolute Gasteiger partial charge is 0.410 e. The van der Waals surface area contributed by atoms with Crippen molar-refractivity contribution in [2.45, 2.75) is 39.0 Å². The molecule has 0 radical (unpaired) electrons. The van der Waals surface area contributed by atoms with Crippen LogP contribution in [0.5, 0.6) is 0 Å². The Labute approximate surface area is 125 Å². The van der Waals surface area contributed by atoms with Gasteiger partial charge in [-0.25, -0.2) is 13.2 Å². The summed E-state index contributed by atoms with van der Waals surface area (Å²) in [5.41, 5.74) is -3.40. The fourth-order valence-electron chi connectivity index (χ4n) is 2.12. The lowest BCUT2D eigenvalue weighted by Gasteiger charge is -2.31. The molecule has 10 heteroatoms. The van der Waals surface area contributed by atoms with Crippen LogP contribution in [0.25, 0.3) is 0 Å². The molecule has 21 heavy (non-hydrogen) atoms. The number of halogens is 4. The van der Waals surface area contributed by atoms with Crippen LogP contribution in [-0.4, -0.2) is 50.0 Å². The molecule has 1 rings (SSSR count). The Bertz CT molecular complexity index is 515. The summed E-state index contributed by atoms with van der Waals surface area (Å²) in [4.78, 5) is 12.7. The Hall–Kier alpha value is -0.700. The fourth-order valence-corrected chi connectivity index (χ4v) is 3.80. The van der Waals surface area contributed by atoms with E-state index >= 15 is 0 Å². The van der Waals surface area contributed by atoms with Crippen molar-refractivity contribution in [2.75, 3.05) is 18.8 Å². The summed E-state index contributed by atoms with van der Waals surface area (Å²) in [6.45, 7) is 3.74. The van der Waals surface area contributed by atoms with Gasteiger partial charge in [0, 0.05) is 23.8 Å². The van der Waals surface area contributed by atoms with Crippen LogP contribution in [0.2, 0.25) is 0 Å². The van der Waals surface area contributed by atoms with Crippen molar-refractivity contribution in [3.05, 3.63) is 0 Å². The molecular formula is C11H17ClF3NO4S. The molecule has 1 heterocycles. The van der Waals surface area contributed by atoms with E-state index in [2.05, 4.69) is 0 Å². The monoisotopic (exact) mass is 351 g/mol. The molecule has 0 spiro atoms. The number of carbonyl (C=O) groups excluding carboxylic acids is 1. The van der Waals surface area contributed by atoms with Crippen LogP contribution >= 0.6 is 10.7 Å². The fraction of sp³-hybridized carbons (Fsp3) is 0.909. The van der Waals surface area contributed by atoms with Gasteiger partial charge in [0.15, 0.2) is 0 Å². The van der Waals surface area contributed by atoms with Gasteiger partial charge in [0.05, 0.1) is 5.75 Å². The first-order chi connectivity index (χ1) is 9.15. The zero-order chi connectivity index (χ0) is 16.7. The Balaban J connectivity index is 2.95. The maximum Gasteiger partial charge on any atom is 0.410 e. The third kappa shape index (κ3) is 4.91. The van der Waals surface area contributed by atoms with Crippen molar-refractivity contribution in [1.82, 2.24) is 4.90 Å². The molecule has 1 aliphatic rings. The molecule has 0 aromatic heterocycles. The van der Waals surface area contributed by atoms with E-state index in [1.165, 1.54) is 0 Å². The van der Waals surface area contributed by atoms with E-state index in [1.807, 2.05) is 0 Å². The standard InChI is InChI=1S/C11H17ClF3NO4S/c1-9(2,3)20-8(17)16-5-4-10(6-16,11(13,14)15)7-21(12,18)19/h4-7H2,1-3H3. The molecule has 124 valence electrons. The molecule has 0 bridgehead atoms. The van der Waals surface area contributed by atoms with E-state index in [4.69, 9.17) is 15.4 Å². The number of amides is 1. The highest BCUT2D eigenvalue weighted by molar-refractivity contribution is 8.13. The van der Waals surface area contributed by atoms with Gasteiger partial charge in [-0.05, 0) is 27.2 Å². The van der Waals surface area contributed by atoms with Crippen molar-refractivity contribution >= 4 is 25.8 Å². The summed E-state index contributed by atoms with van der Waals surface area (Å²) in [6.07, 6.45) is -6.21. The molecule has 0 saturated carbocycles. The first-order valence-electron chi connectivity index (χ1n) is 6.12. The Kier molecular flexibility index (Phi) is 4.80. The molecule has 1 amide bonds. The van der Waals surface area contributed by atoms with Crippen LogP contribution in [0.15, 0.2) is 0 Å². The van der Waals surface area contributed by atoms with E-state index in [-0.39, 0.29) is 6.54 Å². The van der Waals surface area contributed by atoms with Gasteiger partial charge in [-0.2, -0.15) is 13.2 Å². The van der Waals surface area contributed by atoms with E-state index in [9.17, 15) is 26.4 Å². The third-order valence-electron chi connectivity index (χ3n) is 3.06. The van der Waals surface area contributed by atoms with Gasteiger partial charge in [-0.15, -0.1) is 0 Å². The van der Waals surface area contributed by atoms with Gasteiger partial charge >= 0.3 is 12.3 Å². The van der Waals surface area contributed by atoms with Crippen molar-refractivity contribution in [2.24, 2.45) is 5.41 Å². The van der Waals surface area contributed by atoms with E-state index in [0.29, 0.717) is 0 Å². The number of rotatable bonds is 2. The topological polar surface area (TPSA) is 63.7 Å². The van der Waals surface area contributed by atoms with Crippen LogP contribution < -0.4 is 0 Å². The van der Waals surface area contributed by atoms with Crippen LogP contribution in [0.3, 0.4) is 0 Å². The lowest BCUT2D eigenvalue weighted by molar-refractivity contribution is -0.210. The number of hydrogen-bond acceptors (Lipinski definition) is 4. The Morgan fingerprint density at radius 2 is 1.86 bits per heavy atom. The minimum atomic E-state index is -4.79. The molecule has 5 nitrogen and oxygen atoms in total. The predicted octanol–water partition coefficient (Wildman–Crippen LogP) is 2.74. The molecule has 0 aliphatic carbocycles. The molecule has 0 aromatic carbocycles. The van der Waals surface area contributed by atoms with Crippen LogP contribution in [-0.2, 0) is 13.8 Å². The van der Waals surface area contributed by atoms with Crippen LogP contribution in [0.4, 0.5) is 18.0 Å². The summed E-state index contributed by atoms with van der Waals surface area (Å²) in [5.74, 6) is -1.26. The maximum atomic E-state index is 13.2. The van der Waals surface area contributed by atoms with Gasteiger partial charge in [-0.1, -0.05) is 0 Å². The van der Waals surface area contributed by atoms with Gasteiger partial charge in [0.25, 0.3) is 0 Å². The number of nitrogens with zero attached hydrogens (tertiary/aromatic N) is 1. The summed E-state index contributed by atoms with van der Waals surface area (Å²) in [6, 6.07) is 0. The Morgan fingerprint density at radius 1 is 1.33 bits per heavy atom. The largest absolute Gasteiger partial charge is 0.444 e. The summed E-state index contributed by atoms with van der Waals surface area (Å²) in [5, 5.41) is 0. The molecule has 1 atom stereocenters. The first kappa shape index (κ1) is 18.3. The highest BCUT2D eigenvalue weighted by Crippen LogP contribution is 2.47. The number of ether oxygens (including phenoxy) is 1. The van der Waals surface area contributed by atoms with Gasteiger partial charge < -0.3 is 9.64 Å². The molecule has 1 aliphatic heterocycles. The van der Waals surface area contributed by atoms with Crippen LogP contribution in [0.1, 0.15) is 27.2 Å². The lowest BCUT2D eigenvalue weighted by atomic mass is 9.89. The van der Waals surface area contributed by atoms with Gasteiger partial charge in [0.1, 0.15) is 11.0 Å². The molecule has 1 saturated heterocycles. The minimum absolute atomic E-state index is 0.235. The normalized spacial score (nSPS) is 24.2. The quantitative estimate of drug-likeness (QED) is 0.718. The molecule has 1 fully saturated rings. The Morgan fingerprint density at radius 3 is 2.24 bits per heavy atom. The van der Waals surface area contributed by atoms with Crippen molar-refractivity contribution in [3.8, 4) is 0 Å². The van der Waals surface area contributed by atoms with Crippen molar-refractivity contribution in [3.63, 3.8) is 0 Å². The maximum absolute atomic E-state index is 13.2. The molecular weight excluding hydrogens is 335 g/mol. The zero-order valence-corrected chi connectivity index (χ0v) is 13.4. The zero-order valence-electron chi connectivity index (χ0n) is 11.8. The summed E-state index contributed by atoms with van der Waals surface area (Å²) in [7, 11) is 0.620. The van der Waals surface area contributed by atoms with Gasteiger partial charge in [-0.3, -0.25) is 0 Å². The molecule has 0 aromatic rings. The predicted molar refractivity (Wildman–Crippen MR) is 70.6 cm³/mol. The molecule has 1 unspecified atom stereocenters. The second kappa shape index (κ2) is 5.49. The van der Waals surface area contributed by atoms with Crippen LogP contribution in [0, 0.1) is 5.41 Å². The van der Waals surface area contributed by atoms with E-state index < -0.39 is 51.1 Å². The average Bonchev–Trinajstić information content (AvgIpc) is 2.56. The SMILES string of the molecule is CC(C)(C)OC(=O)N1CCC(CS(=O)(=O)Cl)(C(F)(F)F)C1. The van der Waals surface area contributed by atoms with Crippen molar-refractivity contribution in [1.29, 1.82) is 0 Å². The summed E-state index contributed by atoms with van der Waals surface area (Å²) >= 11 is 0. The third-order valence-corrected chi connectivity index (χ3v) is 4.28. The van der Waals surface area contributed by atoms with E-state index in [0.717, 1.165) is 4.90 Å². The highest BCUT2D eigenvalue weighted by atomic mass is 35.7. The minimum Gasteiger partial charge on any atom is -0.444 e. The number of likely N-dealkylation sites (tertiary alicyclic amines) is 1. The lowest BCUT2D eigenvalue weighted by Crippen LogP contribution is -2.46. The first-order valence-corrected chi connectivity index (χ1v) is 8.60. The second-order valence-electron chi connectivity index (χ2n) is 6.11. The average molecular weight is 352 g/mol. The highest BCUT2D eigenvalue weighted by Gasteiger charge is 2.60. The summed E-state index contributed by atoms with van der Waals surface area (Å²) < 4.78 is 66.8. The molecule has 0 N–H and O–H groups in total. The second-order valence-corrected chi connectivity index (χ2v) is 8.89. The van der Waals surface area contributed by atoms with E-state index in [1.54, 1.807) is 20.8 Å². The number of hydrogen-bond donors (Lipinski definition) is 0. The number of alkyl halides is 3. The number of carbonyl (C=O) groups is 1. The van der Waals surface area contributed by atoms with Crippen molar-refractivity contribution < 1.29 is 31.1 Å². The van der Waals surface area contributed by atoms with Gasteiger partial charge in [0.2, 0.25) is 9.05 Å².